The molecule has 2 aromatic rings. The van der Waals surface area contributed by atoms with E-state index in [0.29, 0.717) is 23.7 Å². The molecule has 2 aliphatic rings. The molecular weight excluding hydrogens is 390 g/mol. The largest absolute Gasteiger partial charge is 0.452 e. The maximum absolute atomic E-state index is 11.1. The first-order chi connectivity index (χ1) is 13.2. The average Bonchev–Trinajstić information content (AvgIpc) is 3.25. The lowest BCUT2D eigenvalue weighted by atomic mass is 9.76. The van der Waals surface area contributed by atoms with Crippen LogP contribution in [0.15, 0.2) is 27.7 Å². The van der Waals surface area contributed by atoms with Crippen LogP contribution >= 0.6 is 23.5 Å². The van der Waals surface area contributed by atoms with Crippen LogP contribution in [0.1, 0.15) is 94.1 Å². The monoisotopic (exact) mass is 419 g/mol. The SMILES string of the molecule is CC(C)c1cc(Cl)cc(C(C)C)c1NSc1cc2c(o1)C1CCC(C1)C2(C)O. The number of benzene rings is 1. The Morgan fingerprint density at radius 3 is 2.39 bits per heavy atom. The highest BCUT2D eigenvalue weighted by atomic mass is 35.5. The molecule has 2 bridgehead atoms. The van der Waals surface area contributed by atoms with Crippen LogP contribution in [0.5, 0.6) is 0 Å². The van der Waals surface area contributed by atoms with Crippen LogP contribution in [0.2, 0.25) is 5.02 Å². The van der Waals surface area contributed by atoms with E-state index in [-0.39, 0.29) is 0 Å². The van der Waals surface area contributed by atoms with Crippen molar-refractivity contribution in [3.8, 4) is 0 Å². The minimum absolute atomic E-state index is 0.352. The van der Waals surface area contributed by atoms with Crippen molar-refractivity contribution >= 4 is 29.2 Å². The van der Waals surface area contributed by atoms with E-state index in [1.54, 1.807) is 0 Å². The molecule has 2 N–H and O–H groups in total. The molecule has 0 amide bonds. The number of rotatable bonds is 5. The number of aliphatic hydroxyl groups is 1. The summed E-state index contributed by atoms with van der Waals surface area (Å²) in [6, 6.07) is 6.15. The topological polar surface area (TPSA) is 45.4 Å². The number of halogens is 1. The van der Waals surface area contributed by atoms with Gasteiger partial charge >= 0.3 is 0 Å². The van der Waals surface area contributed by atoms with E-state index < -0.39 is 5.60 Å². The molecule has 1 aromatic carbocycles. The van der Waals surface area contributed by atoms with E-state index in [4.69, 9.17) is 16.0 Å². The molecule has 1 aromatic heterocycles. The predicted octanol–water partition coefficient (Wildman–Crippen LogP) is 7.40. The lowest BCUT2D eigenvalue weighted by Gasteiger charge is -2.33. The van der Waals surface area contributed by atoms with Crippen molar-refractivity contribution in [2.75, 3.05) is 4.72 Å². The Labute approximate surface area is 177 Å². The van der Waals surface area contributed by atoms with E-state index in [1.807, 2.05) is 13.0 Å². The Bertz CT molecular complexity index is 858. The third-order valence-corrected chi connectivity index (χ3v) is 7.47. The molecule has 3 atom stereocenters. The number of anilines is 1. The first kappa shape index (κ1) is 20.2. The standard InChI is InChI=1S/C23H30ClNO2S/c1-12(2)17-9-16(24)10-18(13(3)4)21(17)25-28-20-11-19-22(27-20)14-6-7-15(8-14)23(19,5)26/h9-15,25-26H,6-8H2,1-5H3. The van der Waals surface area contributed by atoms with E-state index in [9.17, 15) is 5.11 Å². The van der Waals surface area contributed by atoms with Gasteiger partial charge in [0, 0.05) is 28.5 Å². The molecule has 1 saturated carbocycles. The fraction of sp³-hybridized carbons (Fsp3) is 0.565. The molecule has 152 valence electrons. The molecule has 28 heavy (non-hydrogen) atoms. The zero-order valence-electron chi connectivity index (χ0n) is 17.3. The highest BCUT2D eigenvalue weighted by Gasteiger charge is 2.48. The molecular formula is C23H30ClNO2S. The summed E-state index contributed by atoms with van der Waals surface area (Å²) >= 11 is 7.88. The van der Waals surface area contributed by atoms with Crippen molar-refractivity contribution in [1.82, 2.24) is 0 Å². The molecule has 3 unspecified atom stereocenters. The number of nitrogens with one attached hydrogen (secondary N) is 1. The van der Waals surface area contributed by atoms with Crippen LogP contribution in [-0.4, -0.2) is 5.11 Å². The highest BCUT2D eigenvalue weighted by molar-refractivity contribution is 8.00. The summed E-state index contributed by atoms with van der Waals surface area (Å²) in [5.41, 5.74) is 3.76. The lowest BCUT2D eigenvalue weighted by Crippen LogP contribution is -2.33. The van der Waals surface area contributed by atoms with Crippen LogP contribution in [0.3, 0.4) is 0 Å². The summed E-state index contributed by atoms with van der Waals surface area (Å²) < 4.78 is 9.78. The van der Waals surface area contributed by atoms with E-state index in [1.165, 1.54) is 23.1 Å². The lowest BCUT2D eigenvalue weighted by molar-refractivity contribution is -0.0115. The van der Waals surface area contributed by atoms with Gasteiger partial charge in [0.2, 0.25) is 0 Å². The van der Waals surface area contributed by atoms with Crippen LogP contribution in [-0.2, 0) is 5.60 Å². The molecule has 3 nitrogen and oxygen atoms in total. The third kappa shape index (κ3) is 3.38. The first-order valence-electron chi connectivity index (χ1n) is 10.3. The molecule has 0 spiro atoms. The summed E-state index contributed by atoms with van der Waals surface area (Å²) in [6.07, 6.45) is 3.24. The van der Waals surface area contributed by atoms with Gasteiger partial charge in [-0.25, -0.2) is 0 Å². The van der Waals surface area contributed by atoms with E-state index in [0.717, 1.165) is 46.4 Å². The minimum Gasteiger partial charge on any atom is -0.452 e. The number of hydrogen-bond donors (Lipinski definition) is 2. The van der Waals surface area contributed by atoms with Gasteiger partial charge in [0.25, 0.3) is 0 Å². The summed E-state index contributed by atoms with van der Waals surface area (Å²) in [5.74, 6) is 2.53. The van der Waals surface area contributed by atoms with Crippen molar-refractivity contribution in [1.29, 1.82) is 0 Å². The Hall–Kier alpha value is -1.10. The minimum atomic E-state index is -0.781. The summed E-state index contributed by atoms with van der Waals surface area (Å²) in [7, 11) is 0. The van der Waals surface area contributed by atoms with E-state index >= 15 is 0 Å². The summed E-state index contributed by atoms with van der Waals surface area (Å²) in [6.45, 7) is 10.7. The normalized spacial score (nSPS) is 26.2. The quantitative estimate of drug-likeness (QED) is 0.495. The molecule has 0 saturated heterocycles. The Morgan fingerprint density at radius 1 is 1.14 bits per heavy atom. The van der Waals surface area contributed by atoms with Crippen LogP contribution in [0.4, 0.5) is 5.69 Å². The van der Waals surface area contributed by atoms with Gasteiger partial charge in [0.1, 0.15) is 5.76 Å². The molecule has 0 radical (unpaired) electrons. The zero-order chi connectivity index (χ0) is 20.2. The Kier molecular flexibility index (Phi) is 5.26. The number of hydrogen-bond acceptors (Lipinski definition) is 4. The predicted molar refractivity (Wildman–Crippen MR) is 117 cm³/mol. The second-order valence-corrected chi connectivity index (χ2v) is 10.4. The highest BCUT2D eigenvalue weighted by Crippen LogP contribution is 2.55. The average molecular weight is 420 g/mol. The Balaban J connectivity index is 1.64. The van der Waals surface area contributed by atoms with Gasteiger partial charge in [0.15, 0.2) is 5.09 Å². The van der Waals surface area contributed by atoms with Crippen molar-refractivity contribution in [3.05, 3.63) is 45.7 Å². The molecule has 1 fully saturated rings. The van der Waals surface area contributed by atoms with Crippen molar-refractivity contribution in [2.45, 2.75) is 82.3 Å². The van der Waals surface area contributed by atoms with Crippen LogP contribution < -0.4 is 4.72 Å². The van der Waals surface area contributed by atoms with Gasteiger partial charge in [-0.15, -0.1) is 0 Å². The molecule has 0 aliphatic heterocycles. The van der Waals surface area contributed by atoms with Gasteiger partial charge in [-0.1, -0.05) is 39.3 Å². The van der Waals surface area contributed by atoms with Gasteiger partial charge in [0.05, 0.1) is 11.3 Å². The summed E-state index contributed by atoms with van der Waals surface area (Å²) in [5, 5.41) is 12.7. The molecule has 1 heterocycles. The maximum atomic E-state index is 11.1. The first-order valence-corrected chi connectivity index (χ1v) is 11.5. The van der Waals surface area contributed by atoms with Crippen LogP contribution in [0, 0.1) is 5.92 Å². The van der Waals surface area contributed by atoms with Gasteiger partial charge in [-0.05, 0) is 73.3 Å². The third-order valence-electron chi connectivity index (χ3n) is 6.54. The van der Waals surface area contributed by atoms with Crippen molar-refractivity contribution in [3.63, 3.8) is 0 Å². The number of furan rings is 1. The fourth-order valence-electron chi connectivity index (χ4n) is 4.86. The van der Waals surface area contributed by atoms with E-state index in [2.05, 4.69) is 44.5 Å². The maximum Gasteiger partial charge on any atom is 0.181 e. The van der Waals surface area contributed by atoms with Crippen LogP contribution in [0.25, 0.3) is 0 Å². The zero-order valence-corrected chi connectivity index (χ0v) is 18.9. The van der Waals surface area contributed by atoms with Gasteiger partial charge < -0.3 is 14.2 Å². The fourth-order valence-corrected chi connectivity index (χ4v) is 5.84. The van der Waals surface area contributed by atoms with Gasteiger partial charge in [-0.3, -0.25) is 0 Å². The smallest absolute Gasteiger partial charge is 0.181 e. The molecule has 5 heteroatoms. The second kappa shape index (κ2) is 7.30. The molecule has 2 aliphatic carbocycles. The Morgan fingerprint density at radius 2 is 1.79 bits per heavy atom. The van der Waals surface area contributed by atoms with Gasteiger partial charge in [-0.2, -0.15) is 0 Å². The number of fused-ring (bicyclic) bond motifs is 4. The molecule has 4 rings (SSSR count). The van der Waals surface area contributed by atoms with Crippen molar-refractivity contribution in [2.24, 2.45) is 5.92 Å². The second-order valence-electron chi connectivity index (χ2n) is 9.17. The summed E-state index contributed by atoms with van der Waals surface area (Å²) in [4.78, 5) is 0. The van der Waals surface area contributed by atoms with Crippen molar-refractivity contribution < 1.29 is 9.52 Å².